The van der Waals surface area contributed by atoms with Gasteiger partial charge in [-0.3, -0.25) is 0 Å². The maximum Gasteiger partial charge on any atom is 0.342 e. The Bertz CT molecular complexity index is 313. The fourth-order valence-corrected chi connectivity index (χ4v) is 0.761. The van der Waals surface area contributed by atoms with Gasteiger partial charge in [0, 0.05) is 11.5 Å². The van der Waals surface area contributed by atoms with Gasteiger partial charge in [-0.15, -0.1) is 0 Å². The third kappa shape index (κ3) is 1.82. The van der Waals surface area contributed by atoms with E-state index in [0.29, 0.717) is 4.73 Å². The average molecular weight is 169 g/mol. The van der Waals surface area contributed by atoms with E-state index in [0.717, 1.165) is 5.56 Å². The van der Waals surface area contributed by atoms with Crippen LogP contribution in [0, 0.1) is 22.2 Å². The van der Waals surface area contributed by atoms with Gasteiger partial charge < -0.3 is 5.21 Å². The van der Waals surface area contributed by atoms with Crippen molar-refractivity contribution in [3.05, 3.63) is 39.2 Å². The zero-order valence-corrected chi connectivity index (χ0v) is 6.35. The van der Waals surface area contributed by atoms with E-state index in [-0.39, 0.29) is 5.82 Å². The van der Waals surface area contributed by atoms with Crippen molar-refractivity contribution in [2.24, 2.45) is 0 Å². The molecule has 1 aromatic rings. The number of rotatable bonds is 2. The van der Waals surface area contributed by atoms with Crippen molar-refractivity contribution in [3.63, 3.8) is 0 Å². The van der Waals surface area contributed by atoms with Crippen LogP contribution < -0.4 is 10.2 Å². The maximum atomic E-state index is 10.9. The van der Waals surface area contributed by atoms with Gasteiger partial charge in [0.25, 0.3) is 0 Å². The van der Waals surface area contributed by atoms with E-state index in [9.17, 15) is 15.3 Å². The summed E-state index contributed by atoms with van der Waals surface area (Å²) in [6.45, 7) is 1.73. The van der Waals surface area contributed by atoms with Crippen molar-refractivity contribution < 1.29 is 9.76 Å². The molecule has 0 aliphatic heterocycles. The number of anilines is 1. The summed E-state index contributed by atoms with van der Waals surface area (Å²) in [5, 5.41) is 20.1. The number of aromatic nitrogens is 1. The first-order chi connectivity index (χ1) is 5.59. The Morgan fingerprint density at radius 2 is 2.25 bits per heavy atom. The van der Waals surface area contributed by atoms with Crippen LogP contribution in [-0.2, 0) is 0 Å². The Hall–Kier alpha value is -1.85. The van der Waals surface area contributed by atoms with E-state index in [2.05, 4.69) is 0 Å². The van der Waals surface area contributed by atoms with E-state index in [1.807, 2.05) is 0 Å². The molecule has 0 atom stereocenters. The minimum atomic E-state index is -0.779. The monoisotopic (exact) mass is 169 g/mol. The van der Waals surface area contributed by atoms with Crippen LogP contribution in [0.1, 0.15) is 5.56 Å². The van der Waals surface area contributed by atoms with E-state index in [1.54, 1.807) is 18.4 Å². The molecule has 1 heterocycles. The summed E-state index contributed by atoms with van der Waals surface area (Å²) >= 11 is 0. The smallest absolute Gasteiger partial charge is 0.342 e. The quantitative estimate of drug-likeness (QED) is 0.297. The van der Waals surface area contributed by atoms with Crippen molar-refractivity contribution in [2.75, 3.05) is 5.43 Å². The first-order valence-corrected chi connectivity index (χ1v) is 3.20. The first-order valence-electron chi connectivity index (χ1n) is 3.20. The fourth-order valence-electron chi connectivity index (χ4n) is 0.761. The molecule has 0 aromatic carbocycles. The van der Waals surface area contributed by atoms with Gasteiger partial charge in [0.1, 0.15) is 0 Å². The van der Waals surface area contributed by atoms with Crippen molar-refractivity contribution in [1.29, 1.82) is 0 Å². The second kappa shape index (κ2) is 3.04. The van der Waals surface area contributed by atoms with Crippen LogP contribution in [0.25, 0.3) is 0 Å². The van der Waals surface area contributed by atoms with Crippen LogP contribution in [-0.4, -0.2) is 5.03 Å². The summed E-state index contributed by atoms with van der Waals surface area (Å²) in [5.41, 5.74) is 2.52. The highest BCUT2D eigenvalue weighted by Gasteiger charge is 2.09. The average Bonchev–Trinajstić information content (AvgIpc) is 1.94. The molecular formula is C6H7N3O3. The van der Waals surface area contributed by atoms with Gasteiger partial charge in [-0.25, -0.2) is 14.8 Å². The van der Waals surface area contributed by atoms with Gasteiger partial charge in [-0.2, -0.15) is 0 Å². The van der Waals surface area contributed by atoms with Crippen molar-refractivity contribution >= 4 is 5.82 Å². The Kier molecular flexibility index (Phi) is 2.09. The molecule has 0 spiro atoms. The predicted molar refractivity (Wildman–Crippen MR) is 40.8 cm³/mol. The highest BCUT2D eigenvalue weighted by molar-refractivity contribution is 5.26. The molecule has 0 unspecified atom stereocenters. The molecule has 0 amide bonds. The lowest BCUT2D eigenvalue weighted by Crippen LogP contribution is -2.32. The molecule has 0 radical (unpaired) electrons. The summed E-state index contributed by atoms with van der Waals surface area (Å²) in [6.07, 6.45) is 1.26. The van der Waals surface area contributed by atoms with Gasteiger partial charge in [-0.05, 0) is 18.6 Å². The second-order valence-corrected chi connectivity index (χ2v) is 2.29. The lowest BCUT2D eigenvalue weighted by molar-refractivity contribution is -0.603. The normalized spacial score (nSPS) is 9.42. The van der Waals surface area contributed by atoms with Crippen LogP contribution in [0.5, 0.6) is 0 Å². The molecule has 6 heteroatoms. The Morgan fingerprint density at radius 3 is 2.75 bits per heavy atom. The van der Waals surface area contributed by atoms with Gasteiger partial charge >= 0.3 is 5.82 Å². The summed E-state index contributed by atoms with van der Waals surface area (Å²) in [5.74, 6) is -0.0920. The number of pyridine rings is 1. The van der Waals surface area contributed by atoms with Crippen molar-refractivity contribution in [2.45, 2.75) is 6.92 Å². The molecule has 0 fully saturated rings. The topological polar surface area (TPSA) is 82.1 Å². The molecular weight excluding hydrogens is 162 g/mol. The number of aryl methyl sites for hydroxylation is 1. The Labute approximate surface area is 68.1 Å². The third-order valence-electron chi connectivity index (χ3n) is 1.27. The van der Waals surface area contributed by atoms with Crippen molar-refractivity contribution in [1.82, 2.24) is 0 Å². The maximum absolute atomic E-state index is 10.9. The third-order valence-corrected chi connectivity index (χ3v) is 1.27. The van der Waals surface area contributed by atoms with Crippen LogP contribution in [0.15, 0.2) is 18.3 Å². The first kappa shape index (κ1) is 8.25. The Balaban J connectivity index is 2.93. The highest BCUT2D eigenvalue weighted by atomic mass is 16.7. The predicted octanol–water partition coefficient (Wildman–Crippen LogP) is 0.232. The molecule has 64 valence electrons. The number of nitrogens with zero attached hydrogens (tertiary/aromatic N) is 2. The van der Waals surface area contributed by atoms with E-state index in [4.69, 9.17) is 0 Å². The molecule has 1 rings (SSSR count). The second-order valence-electron chi connectivity index (χ2n) is 2.29. The van der Waals surface area contributed by atoms with E-state index in [1.165, 1.54) is 12.3 Å². The van der Waals surface area contributed by atoms with E-state index >= 15 is 0 Å². The van der Waals surface area contributed by atoms with Gasteiger partial charge in [0.15, 0.2) is 0 Å². The zero-order valence-electron chi connectivity index (χ0n) is 6.35. The molecule has 1 aromatic heterocycles. The van der Waals surface area contributed by atoms with Gasteiger partial charge in [0.2, 0.25) is 5.03 Å². The summed E-state index contributed by atoms with van der Waals surface area (Å²) in [4.78, 5) is 9.95. The molecule has 0 aliphatic rings. The Morgan fingerprint density at radius 1 is 1.58 bits per heavy atom. The number of hydrazine groups is 1. The standard InChI is InChI=1S/C6H7N3O3/c1-5-2-3-6(7-9(11)12)8(10)4-5/h2-4,7H,1H3. The van der Waals surface area contributed by atoms with Gasteiger partial charge in [-0.1, -0.05) is 0 Å². The molecule has 0 saturated heterocycles. The van der Waals surface area contributed by atoms with Crippen LogP contribution in [0.4, 0.5) is 5.82 Å². The molecule has 6 nitrogen and oxygen atoms in total. The summed E-state index contributed by atoms with van der Waals surface area (Å²) in [7, 11) is 0. The number of nitrogens with one attached hydrogen (secondary N) is 1. The summed E-state index contributed by atoms with van der Waals surface area (Å²) < 4.78 is 0.415. The molecule has 0 bridgehead atoms. The number of nitro groups is 1. The summed E-state index contributed by atoms with van der Waals surface area (Å²) in [6, 6.07) is 2.96. The lowest BCUT2D eigenvalue weighted by atomic mass is 10.3. The zero-order chi connectivity index (χ0) is 9.14. The highest BCUT2D eigenvalue weighted by Crippen LogP contribution is 2.00. The number of hydrogen-bond donors (Lipinski definition) is 1. The SMILES string of the molecule is Cc1ccc(N[N+](=O)[O-])[n+]([O-])c1. The minimum absolute atomic E-state index is 0.0920. The van der Waals surface area contributed by atoms with Crippen LogP contribution in [0.2, 0.25) is 0 Å². The molecule has 0 saturated carbocycles. The minimum Gasteiger partial charge on any atom is -0.710 e. The van der Waals surface area contributed by atoms with E-state index < -0.39 is 5.03 Å². The molecule has 12 heavy (non-hydrogen) atoms. The lowest BCUT2D eigenvalue weighted by Gasteiger charge is -2.04. The molecule has 1 N–H and O–H groups in total. The molecule has 0 aliphatic carbocycles. The number of hydrogen-bond acceptors (Lipinski definition) is 3. The van der Waals surface area contributed by atoms with Crippen LogP contribution in [0.3, 0.4) is 0 Å². The van der Waals surface area contributed by atoms with Gasteiger partial charge in [0.05, 0.1) is 6.20 Å². The largest absolute Gasteiger partial charge is 0.710 e. The van der Waals surface area contributed by atoms with Crippen molar-refractivity contribution in [3.8, 4) is 0 Å². The fraction of sp³-hybridized carbons (Fsp3) is 0.167. The van der Waals surface area contributed by atoms with Crippen LogP contribution >= 0.6 is 0 Å².